The molecule has 12 heteroatoms. The molecule has 7 rings (SSSR count). The van der Waals surface area contributed by atoms with Crippen molar-refractivity contribution in [3.05, 3.63) is 29.7 Å². The minimum Gasteiger partial charge on any atom is -0.473 e. The number of aromatic nitrogens is 5. The maximum atomic E-state index is 12.9. The van der Waals surface area contributed by atoms with Crippen molar-refractivity contribution in [2.24, 2.45) is 10.8 Å². The van der Waals surface area contributed by atoms with Crippen molar-refractivity contribution < 1.29 is 22.7 Å². The summed E-state index contributed by atoms with van der Waals surface area (Å²) in [6.07, 6.45) is 3.08. The van der Waals surface area contributed by atoms with E-state index in [9.17, 15) is 18.0 Å². The predicted octanol–water partition coefficient (Wildman–Crippen LogP) is 3.33. The summed E-state index contributed by atoms with van der Waals surface area (Å²) in [7, 11) is 0. The molecular formula is C23H26F3N7O2. The van der Waals surface area contributed by atoms with E-state index in [-0.39, 0.29) is 28.8 Å². The number of urea groups is 1. The number of carbonyl (C=O) groups excluding carboxylic acids is 1. The highest BCUT2D eigenvalue weighted by atomic mass is 19.4. The summed E-state index contributed by atoms with van der Waals surface area (Å²) in [6, 6.07) is 0.0912. The van der Waals surface area contributed by atoms with Gasteiger partial charge in [-0.2, -0.15) is 13.2 Å². The summed E-state index contributed by atoms with van der Waals surface area (Å²) in [6.45, 7) is 2.95. The maximum absolute atomic E-state index is 12.9. The van der Waals surface area contributed by atoms with Gasteiger partial charge in [-0.25, -0.2) is 9.78 Å². The fraction of sp³-hybridized carbons (Fsp3) is 0.696. The van der Waals surface area contributed by atoms with Gasteiger partial charge in [0.05, 0.1) is 12.4 Å². The van der Waals surface area contributed by atoms with Gasteiger partial charge in [-0.05, 0) is 38.5 Å². The largest absolute Gasteiger partial charge is 0.473 e. The van der Waals surface area contributed by atoms with Gasteiger partial charge in [0.2, 0.25) is 5.88 Å². The van der Waals surface area contributed by atoms with Gasteiger partial charge in [-0.15, -0.1) is 10.2 Å². The first-order valence-electron chi connectivity index (χ1n) is 12.2. The summed E-state index contributed by atoms with van der Waals surface area (Å²) in [4.78, 5) is 27.2. The van der Waals surface area contributed by atoms with Crippen molar-refractivity contribution in [2.75, 3.05) is 26.2 Å². The van der Waals surface area contributed by atoms with Crippen LogP contribution in [0.5, 0.6) is 5.88 Å². The fourth-order valence-corrected chi connectivity index (χ4v) is 6.41. The molecule has 0 atom stereocenters. The quantitative estimate of drug-likeness (QED) is 0.707. The highest BCUT2D eigenvalue weighted by molar-refractivity contribution is 5.77. The molecule has 4 heterocycles. The van der Waals surface area contributed by atoms with Gasteiger partial charge < -0.3 is 19.5 Å². The third kappa shape index (κ3) is 3.63. The van der Waals surface area contributed by atoms with Crippen molar-refractivity contribution >= 4 is 6.03 Å². The van der Waals surface area contributed by atoms with Gasteiger partial charge in [0.25, 0.3) is 0 Å². The lowest BCUT2D eigenvalue weighted by Crippen LogP contribution is -2.71. The molecule has 2 amide bonds. The topological polar surface area (TPSA) is 100 Å². The Morgan fingerprint density at radius 3 is 2.14 bits per heavy atom. The van der Waals surface area contributed by atoms with E-state index in [2.05, 4.69) is 25.1 Å². The molecule has 0 bridgehead atoms. The number of hydrogen-bond donors (Lipinski definition) is 1. The first kappa shape index (κ1) is 21.4. The minimum absolute atomic E-state index is 0.0189. The van der Waals surface area contributed by atoms with Crippen molar-refractivity contribution in [1.82, 2.24) is 34.9 Å². The number of alkyl halides is 3. The molecule has 2 aromatic rings. The Labute approximate surface area is 199 Å². The van der Waals surface area contributed by atoms with E-state index in [4.69, 9.17) is 4.74 Å². The van der Waals surface area contributed by atoms with Gasteiger partial charge in [-0.3, -0.25) is 4.98 Å². The Kier molecular flexibility index (Phi) is 4.32. The van der Waals surface area contributed by atoms with Crippen molar-refractivity contribution in [3.8, 4) is 5.88 Å². The predicted molar refractivity (Wildman–Crippen MR) is 114 cm³/mol. The molecule has 5 aliphatic rings. The number of likely N-dealkylation sites (tertiary alicyclic amines) is 2. The van der Waals surface area contributed by atoms with E-state index < -0.39 is 11.9 Å². The summed E-state index contributed by atoms with van der Waals surface area (Å²) in [5, 5.41) is 8.64. The third-order valence-corrected chi connectivity index (χ3v) is 8.39. The molecule has 3 aliphatic carbocycles. The summed E-state index contributed by atoms with van der Waals surface area (Å²) < 4.78 is 44.0. The highest BCUT2D eigenvalue weighted by Gasteiger charge is 2.59. The van der Waals surface area contributed by atoms with Crippen LogP contribution < -0.4 is 4.74 Å². The monoisotopic (exact) mass is 489 g/mol. The lowest BCUT2D eigenvalue weighted by atomic mass is 9.57. The van der Waals surface area contributed by atoms with Gasteiger partial charge in [0.1, 0.15) is 17.8 Å². The second-order valence-corrected chi connectivity index (χ2v) is 11.4. The van der Waals surface area contributed by atoms with Crippen LogP contribution in [0.3, 0.4) is 0 Å². The van der Waals surface area contributed by atoms with Crippen molar-refractivity contribution in [1.29, 1.82) is 0 Å². The normalized spacial score (nSPS) is 25.1. The van der Waals surface area contributed by atoms with E-state index >= 15 is 0 Å². The number of halogens is 3. The molecule has 2 aliphatic heterocycles. The van der Waals surface area contributed by atoms with Crippen LogP contribution >= 0.6 is 0 Å². The number of amides is 2. The maximum Gasteiger partial charge on any atom is 0.435 e. The number of rotatable bonds is 4. The molecule has 2 saturated heterocycles. The minimum atomic E-state index is -4.55. The zero-order chi connectivity index (χ0) is 24.0. The molecule has 2 aromatic heterocycles. The number of H-pyrrole nitrogens is 1. The van der Waals surface area contributed by atoms with E-state index in [0.717, 1.165) is 37.6 Å². The lowest BCUT2D eigenvalue weighted by Gasteiger charge is -2.62. The smallest absolute Gasteiger partial charge is 0.435 e. The zero-order valence-electron chi connectivity index (χ0n) is 19.1. The molecule has 0 unspecified atom stereocenters. The van der Waals surface area contributed by atoms with Crippen LogP contribution in [-0.4, -0.2) is 73.3 Å². The number of nitrogens with one attached hydrogen (secondary N) is 1. The summed E-state index contributed by atoms with van der Waals surface area (Å²) in [5.74, 6) is 2.93. The number of nitrogens with zero attached hydrogens (tertiary/aromatic N) is 6. The average molecular weight is 490 g/mol. The molecule has 3 saturated carbocycles. The Morgan fingerprint density at radius 2 is 1.54 bits per heavy atom. The van der Waals surface area contributed by atoms with Crippen molar-refractivity contribution in [2.45, 2.75) is 62.6 Å². The summed E-state index contributed by atoms with van der Waals surface area (Å²) >= 11 is 0. The van der Waals surface area contributed by atoms with Gasteiger partial charge in [-0.1, -0.05) is 0 Å². The van der Waals surface area contributed by atoms with Gasteiger partial charge >= 0.3 is 12.2 Å². The molecule has 1 N–H and O–H groups in total. The average Bonchev–Trinajstić information content (AvgIpc) is 3.44. The van der Waals surface area contributed by atoms with Crippen LogP contribution in [0.4, 0.5) is 18.0 Å². The number of ether oxygens (including phenoxy) is 1. The van der Waals surface area contributed by atoms with E-state index in [1.54, 1.807) is 0 Å². The Bertz CT molecular complexity index is 1150. The Balaban J connectivity index is 0.851. The fourth-order valence-electron chi connectivity index (χ4n) is 6.41. The second kappa shape index (κ2) is 7.07. The number of carbonyl (C=O) groups is 1. The molecule has 5 fully saturated rings. The highest BCUT2D eigenvalue weighted by Crippen LogP contribution is 2.56. The third-order valence-electron chi connectivity index (χ3n) is 8.39. The molecule has 2 spiro atoms. The van der Waals surface area contributed by atoms with Gasteiger partial charge in [0, 0.05) is 48.8 Å². The van der Waals surface area contributed by atoms with E-state index in [0.29, 0.717) is 44.0 Å². The van der Waals surface area contributed by atoms with Crippen LogP contribution in [-0.2, 0) is 6.18 Å². The molecule has 9 nitrogen and oxygen atoms in total. The zero-order valence-corrected chi connectivity index (χ0v) is 19.1. The standard InChI is InChI=1S/C23H26F3N7O2/c24-23(25,26)16-7-27-8-17(28-16)35-15-5-22(6-15)11-33(12-22)20(34)32-9-21(10-32)3-14(4-21)19-29-18(30-31-19)13-1-2-13/h7-8,13-15H,1-6,9-12H2,(H,29,30,31). The Hall–Kier alpha value is -2.92. The van der Waals surface area contributed by atoms with E-state index in [1.807, 2.05) is 9.80 Å². The second-order valence-electron chi connectivity index (χ2n) is 11.4. The first-order chi connectivity index (χ1) is 16.7. The lowest BCUT2D eigenvalue weighted by molar-refractivity contribution is -0.142. The first-order valence-corrected chi connectivity index (χ1v) is 12.2. The molecule has 0 radical (unpaired) electrons. The van der Waals surface area contributed by atoms with Crippen LogP contribution in [0.1, 0.15) is 67.7 Å². The number of aromatic amines is 1. The summed E-state index contributed by atoms with van der Waals surface area (Å²) in [5.41, 5.74) is -0.805. The van der Waals surface area contributed by atoms with Gasteiger partial charge in [0.15, 0.2) is 5.69 Å². The van der Waals surface area contributed by atoms with Crippen LogP contribution in [0.2, 0.25) is 0 Å². The van der Waals surface area contributed by atoms with Crippen LogP contribution in [0, 0.1) is 10.8 Å². The molecular weight excluding hydrogens is 463 g/mol. The van der Waals surface area contributed by atoms with Crippen LogP contribution in [0.15, 0.2) is 12.4 Å². The molecule has 35 heavy (non-hydrogen) atoms. The molecule has 186 valence electrons. The Morgan fingerprint density at radius 1 is 0.943 bits per heavy atom. The number of hydrogen-bond acceptors (Lipinski definition) is 6. The van der Waals surface area contributed by atoms with Crippen molar-refractivity contribution in [3.63, 3.8) is 0 Å². The van der Waals surface area contributed by atoms with E-state index in [1.165, 1.54) is 19.0 Å². The van der Waals surface area contributed by atoms with Crippen LogP contribution in [0.25, 0.3) is 0 Å². The molecule has 0 aromatic carbocycles. The SMILES string of the molecule is O=C(N1CC2(CC(Oc3cncc(C(F)(F)F)n3)C2)C1)N1CC2(CC(c3nnc(C4CC4)[nH]3)C2)C1.